The third-order valence-corrected chi connectivity index (χ3v) is 18.6. The third kappa shape index (κ3) is 19.1. The Bertz CT molecular complexity index is 1200. The minimum atomic E-state index is -1.38. The molecular weight excluding hydrogens is 727 g/mol. The van der Waals surface area contributed by atoms with E-state index in [4.69, 9.17) is 24.1 Å². The largest absolute Gasteiger partial charge is 0.447 e. The summed E-state index contributed by atoms with van der Waals surface area (Å²) >= 11 is 0. The summed E-state index contributed by atoms with van der Waals surface area (Å²) in [5, 5.41) is 15.2. The predicted molar refractivity (Wildman–Crippen MR) is 231 cm³/mol. The van der Waals surface area contributed by atoms with Crippen molar-refractivity contribution in [3.05, 3.63) is 12.2 Å². The van der Waals surface area contributed by atoms with E-state index >= 15 is 0 Å². The smallest absolute Gasteiger partial charge is 0.407 e. The summed E-state index contributed by atoms with van der Waals surface area (Å²) in [5.74, 6) is 1.16. The molecule has 5 N–H and O–H groups in total. The van der Waals surface area contributed by atoms with Crippen LogP contribution in [0.1, 0.15) is 128 Å². The van der Waals surface area contributed by atoms with Gasteiger partial charge >= 0.3 is 12.2 Å². The van der Waals surface area contributed by atoms with E-state index in [1.807, 2.05) is 0 Å². The van der Waals surface area contributed by atoms with E-state index in [2.05, 4.69) is 97.6 Å². The fourth-order valence-electron chi connectivity index (χ4n) is 6.68. The number of aliphatic hydroxyl groups excluding tert-OH is 1. The first-order valence-electron chi connectivity index (χ1n) is 19.6. The van der Waals surface area contributed by atoms with Crippen molar-refractivity contribution in [1.82, 2.24) is 10.6 Å². The van der Waals surface area contributed by atoms with Crippen LogP contribution in [-0.4, -0.2) is 114 Å². The second kappa shape index (κ2) is 21.9. The number of ketones is 1. The fraction of sp³-hybridized carbons (Fsp3) is 0.878. The molecule has 1 saturated carbocycles. The van der Waals surface area contributed by atoms with E-state index in [0.29, 0.717) is 38.2 Å². The number of alkyl carbamates (subject to hydrolysis) is 2. The van der Waals surface area contributed by atoms with E-state index in [0.717, 1.165) is 19.3 Å². The van der Waals surface area contributed by atoms with Crippen LogP contribution in [0.4, 0.5) is 9.59 Å². The van der Waals surface area contributed by atoms with Gasteiger partial charge in [-0.25, -0.2) is 19.6 Å². The van der Waals surface area contributed by atoms with Crippen molar-refractivity contribution < 1.29 is 37.9 Å². The van der Waals surface area contributed by atoms with Crippen LogP contribution in [-0.2, 0) is 23.2 Å². The van der Waals surface area contributed by atoms with Crippen molar-refractivity contribution in [2.24, 2.45) is 16.6 Å². The summed E-state index contributed by atoms with van der Waals surface area (Å²) in [6.07, 6.45) is 14.5. The van der Waals surface area contributed by atoms with E-state index in [1.54, 1.807) is 27.7 Å². The van der Waals surface area contributed by atoms with Crippen molar-refractivity contribution in [3.8, 4) is 0 Å². The monoisotopic (exact) mass is 810 g/mol. The number of ether oxygens (including phenoxy) is 3. The van der Waals surface area contributed by atoms with Crippen LogP contribution in [0.2, 0.25) is 0 Å². The van der Waals surface area contributed by atoms with Gasteiger partial charge in [-0.3, -0.25) is 4.79 Å². The fourth-order valence-corrected chi connectivity index (χ4v) is 11.2. The second-order valence-electron chi connectivity index (χ2n) is 18.9. The van der Waals surface area contributed by atoms with Crippen molar-refractivity contribution in [3.63, 3.8) is 0 Å². The van der Waals surface area contributed by atoms with Crippen molar-refractivity contribution in [2.75, 3.05) is 63.7 Å². The molecule has 0 radical (unpaired) electrons. The molecule has 0 bridgehead atoms. The zero-order chi connectivity index (χ0) is 42.4. The molecule has 1 aliphatic rings. The number of amides is 2. The zero-order valence-electron chi connectivity index (χ0n) is 37.3. The lowest BCUT2D eigenvalue weighted by Gasteiger charge is -2.56. The molecule has 13 heteroatoms. The molecule has 1 aliphatic carbocycles. The Morgan fingerprint density at radius 1 is 0.963 bits per heavy atom. The van der Waals surface area contributed by atoms with Gasteiger partial charge in [0.2, 0.25) is 0 Å². The van der Waals surface area contributed by atoms with Gasteiger partial charge in [-0.1, -0.05) is 54.5 Å². The number of unbranched alkanes of at least 4 members (excludes halogenated alkanes) is 1. The summed E-state index contributed by atoms with van der Waals surface area (Å²) in [7, 11) is -2.29. The first-order chi connectivity index (χ1) is 24.4. The molecule has 3 atom stereocenters. The van der Waals surface area contributed by atoms with Gasteiger partial charge in [-0.05, 0) is 121 Å². The zero-order valence-corrected chi connectivity index (χ0v) is 38.9. The van der Waals surface area contributed by atoms with Gasteiger partial charge in [-0.2, -0.15) is 0 Å². The minimum absolute atomic E-state index is 0.0239. The maximum Gasteiger partial charge on any atom is 0.407 e. The number of hydrogen-bond donors (Lipinski definition) is 4. The Morgan fingerprint density at radius 2 is 1.56 bits per heavy atom. The lowest BCUT2D eigenvalue weighted by molar-refractivity contribution is -0.116. The number of carbonyl (C=O) groups is 3. The van der Waals surface area contributed by atoms with Gasteiger partial charge in [0.05, 0.1) is 12.6 Å². The van der Waals surface area contributed by atoms with Gasteiger partial charge in [-0.15, -0.1) is 10.3 Å². The van der Waals surface area contributed by atoms with Crippen LogP contribution in [0.5, 0.6) is 0 Å². The quantitative estimate of drug-likeness (QED) is 0.0660. The summed E-state index contributed by atoms with van der Waals surface area (Å²) in [6, 6.07) is -0.470. The van der Waals surface area contributed by atoms with E-state index in [-0.39, 0.29) is 45.5 Å². The average molecular weight is 810 g/mol. The number of nitrogens with two attached hydrogens (primary N) is 1. The van der Waals surface area contributed by atoms with Crippen LogP contribution in [0.15, 0.2) is 12.2 Å². The third-order valence-electron chi connectivity index (χ3n) is 10.7. The molecule has 322 valence electrons. The molecule has 1 rings (SSSR count). The second-order valence-corrected chi connectivity index (χ2v) is 27.1. The SMILES string of the molecule is C=C(C)C(=O)C(C)N.CCCCS(C)(C)C(C)(C)OS(C)(C)C(C)(C)CCOCCOC(=O)NC1CC(C)(C)CC(C)(CNC(=O)OC(C)(C)CCO)C1. The molecular formula is C41H83N3O8S2. The van der Waals surface area contributed by atoms with Crippen LogP contribution in [0.3, 0.4) is 0 Å². The van der Waals surface area contributed by atoms with E-state index in [9.17, 15) is 19.5 Å². The molecule has 0 aromatic heterocycles. The van der Waals surface area contributed by atoms with Crippen LogP contribution >= 0.6 is 20.3 Å². The minimum Gasteiger partial charge on any atom is -0.447 e. The molecule has 0 aromatic carbocycles. The topological polar surface area (TPSA) is 158 Å². The first-order valence-corrected chi connectivity index (χ1v) is 24.5. The highest BCUT2D eigenvalue weighted by molar-refractivity contribution is 8.34. The van der Waals surface area contributed by atoms with Crippen molar-refractivity contribution >= 4 is 38.3 Å². The number of hydrogen-bond acceptors (Lipinski definition) is 9. The summed E-state index contributed by atoms with van der Waals surface area (Å²) < 4.78 is 23.8. The Labute approximate surface area is 333 Å². The summed E-state index contributed by atoms with van der Waals surface area (Å²) in [4.78, 5) is 35.6. The predicted octanol–water partition coefficient (Wildman–Crippen LogP) is 8.45. The maximum absolute atomic E-state index is 12.7. The highest BCUT2D eigenvalue weighted by atomic mass is 32.3. The van der Waals surface area contributed by atoms with E-state index in [1.165, 1.54) is 18.6 Å². The van der Waals surface area contributed by atoms with Crippen molar-refractivity contribution in [2.45, 2.75) is 155 Å². The lowest BCUT2D eigenvalue weighted by atomic mass is 9.62. The van der Waals surface area contributed by atoms with Gasteiger partial charge < -0.3 is 39.9 Å². The van der Waals surface area contributed by atoms with E-state index < -0.39 is 44.2 Å². The van der Waals surface area contributed by atoms with Crippen LogP contribution in [0.25, 0.3) is 0 Å². The van der Waals surface area contributed by atoms with Crippen LogP contribution < -0.4 is 16.4 Å². The van der Waals surface area contributed by atoms with Crippen molar-refractivity contribution in [1.29, 1.82) is 0 Å². The highest BCUT2D eigenvalue weighted by Gasteiger charge is 2.44. The number of aliphatic hydroxyl groups is 1. The highest BCUT2D eigenvalue weighted by Crippen LogP contribution is 2.65. The Balaban J connectivity index is 0.00000313. The molecule has 0 aliphatic heterocycles. The molecule has 0 heterocycles. The Kier molecular flexibility index (Phi) is 21.2. The summed E-state index contributed by atoms with van der Waals surface area (Å²) in [6.45, 7) is 29.6. The number of carbonyl (C=O) groups excluding carboxylic acids is 3. The molecule has 1 fully saturated rings. The molecule has 2 amide bonds. The number of nitrogens with one attached hydrogen (secondary N) is 2. The molecule has 0 aromatic rings. The average Bonchev–Trinajstić information content (AvgIpc) is 2.98. The van der Waals surface area contributed by atoms with Gasteiger partial charge in [0, 0.05) is 37.0 Å². The Hall–Kier alpha value is -1.51. The number of rotatable bonds is 21. The first kappa shape index (κ1) is 52.5. The Morgan fingerprint density at radius 3 is 2.06 bits per heavy atom. The molecule has 0 saturated heterocycles. The van der Waals surface area contributed by atoms with Gasteiger partial charge in [0.15, 0.2) is 5.78 Å². The molecule has 3 unspecified atom stereocenters. The standard InChI is InChI=1S/C35H72N2O7S2.C6H11NO/c1-15-16-23-45(11,12)34(8,9)44-46(13,14)33(6,7)18-20-41-21-22-42-30(40)37-28-24-31(2,3)26-35(10,25-28)27-36-29(39)43-32(4,5)17-19-38;1-4(2)6(8)5(3)7/h28,38H,15-27H2,1-14H3,(H,36,39)(H,37,40);5H,1,7H2,2-3H3. The van der Waals surface area contributed by atoms with Crippen LogP contribution in [0, 0.1) is 10.8 Å². The maximum atomic E-state index is 12.7. The molecule has 11 nitrogen and oxygen atoms in total. The lowest BCUT2D eigenvalue weighted by Crippen LogP contribution is -2.51. The normalized spacial score (nSPS) is 20.4. The van der Waals surface area contributed by atoms with Gasteiger partial charge in [0.25, 0.3) is 0 Å². The molecule has 54 heavy (non-hydrogen) atoms. The molecule has 0 spiro atoms. The number of Topliss-reactive ketones (excluding diaryl/α,β-unsaturated/α-hetero) is 1. The van der Waals surface area contributed by atoms with Gasteiger partial charge in [0.1, 0.15) is 17.1 Å². The summed E-state index contributed by atoms with van der Waals surface area (Å²) in [5.41, 5.74) is 4.76.